The third kappa shape index (κ3) is 2.64. The van der Waals surface area contributed by atoms with Crippen LogP contribution in [0.4, 0.5) is 0 Å². The molecule has 3 saturated carbocycles. The quantitative estimate of drug-likeness (QED) is 0.360. The maximum Gasteiger partial charge on any atom is 0.333 e. The molecule has 6 aliphatic rings. The Bertz CT molecular complexity index is 1100. The number of ketones is 1. The van der Waals surface area contributed by atoms with Crippen LogP contribution in [0, 0.1) is 34.5 Å². The zero-order chi connectivity index (χ0) is 26.1. The summed E-state index contributed by atoms with van der Waals surface area (Å²) in [4.78, 5) is 24.8. The minimum Gasteiger partial charge on any atom is -0.458 e. The summed E-state index contributed by atoms with van der Waals surface area (Å²) in [6.45, 7) is 7.45. The van der Waals surface area contributed by atoms with Crippen LogP contribution >= 0.6 is 11.6 Å². The molecule has 3 N–H and O–H groups in total. The number of carbonyl (C=O) groups is 2. The molecule has 0 aromatic heterocycles. The molecule has 198 valence electrons. The monoisotopic (exact) mass is 520 g/mol. The number of hydrogen-bond donors (Lipinski definition) is 3. The molecule has 4 fully saturated rings. The number of aliphatic hydroxyl groups is 3. The molecular weight excluding hydrogens is 484 g/mol. The molecule has 0 unspecified atom stereocenters. The van der Waals surface area contributed by atoms with Crippen LogP contribution < -0.4 is 0 Å². The number of cyclic esters (lactones) is 1. The number of rotatable bonds is 1. The van der Waals surface area contributed by atoms with Crippen LogP contribution in [0.25, 0.3) is 0 Å². The largest absolute Gasteiger partial charge is 0.458 e. The molecule has 7 nitrogen and oxygen atoms in total. The van der Waals surface area contributed by atoms with E-state index in [4.69, 9.17) is 21.1 Å². The Morgan fingerprint density at radius 1 is 1.11 bits per heavy atom. The van der Waals surface area contributed by atoms with Crippen LogP contribution in [0.5, 0.6) is 0 Å². The second kappa shape index (κ2) is 7.44. The van der Waals surface area contributed by atoms with Crippen molar-refractivity contribution < 1.29 is 34.4 Å². The number of carbonyl (C=O) groups excluding carboxylic acids is 2. The Labute approximate surface area is 216 Å². The summed E-state index contributed by atoms with van der Waals surface area (Å²) < 4.78 is 12.1. The molecule has 1 saturated heterocycles. The first-order valence-electron chi connectivity index (χ1n) is 13.3. The predicted octanol–water partition coefficient (Wildman–Crippen LogP) is 3.03. The summed E-state index contributed by atoms with van der Waals surface area (Å²) in [6.07, 6.45) is 4.37. The molecular formula is C28H37ClO7. The lowest BCUT2D eigenvalue weighted by molar-refractivity contribution is -0.399. The van der Waals surface area contributed by atoms with E-state index in [0.29, 0.717) is 37.7 Å². The van der Waals surface area contributed by atoms with Crippen molar-refractivity contribution >= 4 is 23.4 Å². The van der Waals surface area contributed by atoms with E-state index in [-0.39, 0.29) is 42.5 Å². The Hall–Kier alpha value is -1.25. The van der Waals surface area contributed by atoms with Gasteiger partial charge in [-0.05, 0) is 63.4 Å². The van der Waals surface area contributed by atoms with Crippen molar-refractivity contribution in [2.75, 3.05) is 6.61 Å². The van der Waals surface area contributed by atoms with Gasteiger partial charge in [0.15, 0.2) is 11.6 Å². The first-order chi connectivity index (χ1) is 16.7. The van der Waals surface area contributed by atoms with Crippen molar-refractivity contribution in [3.8, 4) is 0 Å². The van der Waals surface area contributed by atoms with Crippen LogP contribution in [-0.4, -0.2) is 62.1 Å². The number of allylic oxidation sites excluding steroid dienone is 2. The van der Waals surface area contributed by atoms with Gasteiger partial charge in [0.2, 0.25) is 0 Å². The lowest BCUT2D eigenvalue weighted by atomic mass is 9.41. The van der Waals surface area contributed by atoms with E-state index in [0.717, 1.165) is 5.57 Å². The minimum absolute atomic E-state index is 0.0518. The zero-order valence-electron chi connectivity index (χ0n) is 21.4. The highest BCUT2D eigenvalue weighted by atomic mass is 35.5. The summed E-state index contributed by atoms with van der Waals surface area (Å²) in [5.41, 5.74) is -1.92. The van der Waals surface area contributed by atoms with Crippen LogP contribution in [0.15, 0.2) is 23.3 Å². The predicted molar refractivity (Wildman–Crippen MR) is 131 cm³/mol. The number of esters is 1. The summed E-state index contributed by atoms with van der Waals surface area (Å²) in [5, 5.41) is 36.0. The summed E-state index contributed by atoms with van der Waals surface area (Å²) in [6, 6.07) is 0. The highest BCUT2D eigenvalue weighted by Gasteiger charge is 2.80. The fourth-order valence-corrected chi connectivity index (χ4v) is 9.86. The standard InChI is InChI=1S/C28H37ClO7/c1-14-10-20(36-23(32)15(14)2)19-13-35-28(34)12-18-16(17-7-9-27(19,33)25(17,28)4)11-22(31)26(29)8-5-6-21(30)24(18,26)3/h5-6,16-20,22,31,33-34H,7-13H2,1-4H3/t16-,17-,18-,19-,20+,22+,24-,25-,26-,27+,28-/m0/s1. The zero-order valence-corrected chi connectivity index (χ0v) is 22.2. The van der Waals surface area contributed by atoms with Crippen LogP contribution in [-0.2, 0) is 19.1 Å². The lowest BCUT2D eigenvalue weighted by Gasteiger charge is -2.69. The number of aliphatic hydroxyl groups excluding tert-OH is 1. The fourth-order valence-electron chi connectivity index (χ4n) is 9.44. The topological polar surface area (TPSA) is 113 Å². The van der Waals surface area contributed by atoms with Gasteiger partial charge in [-0.3, -0.25) is 4.79 Å². The van der Waals surface area contributed by atoms with E-state index < -0.39 is 45.2 Å². The number of ether oxygens (including phenoxy) is 2. The second-order valence-electron chi connectivity index (χ2n) is 12.8. The van der Waals surface area contributed by atoms with Crippen LogP contribution in [0.3, 0.4) is 0 Å². The fraction of sp³-hybridized carbons (Fsp3) is 0.786. The molecule has 2 aliphatic heterocycles. The van der Waals surface area contributed by atoms with E-state index in [2.05, 4.69) is 0 Å². The van der Waals surface area contributed by atoms with Crippen LogP contribution in [0.1, 0.15) is 66.2 Å². The Kier molecular flexibility index (Phi) is 5.18. The molecule has 4 aliphatic carbocycles. The molecule has 2 heterocycles. The number of fused-ring (bicyclic) bond motifs is 4. The summed E-state index contributed by atoms with van der Waals surface area (Å²) in [5.74, 6) is -3.29. The SMILES string of the molecule is CC1=C(C)C(=O)O[C@@H]([C@@H]2CO[C@@]3(O)C[C@H]4[C@@H](C[C@@H](O)[C@@]5(Cl)CC=CC(=O)[C@]45C)[C@@H]4CC[C@]2(O)[C@]43C)C1. The first kappa shape index (κ1) is 25.1. The normalized spacial score (nSPS) is 56.1. The second-order valence-corrected chi connectivity index (χ2v) is 13.5. The van der Waals surface area contributed by atoms with Crippen molar-refractivity contribution in [1.29, 1.82) is 0 Å². The van der Waals surface area contributed by atoms with E-state index in [9.17, 15) is 24.9 Å². The average Bonchev–Trinajstić information content (AvgIpc) is 3.09. The van der Waals surface area contributed by atoms with Crippen molar-refractivity contribution in [2.45, 2.75) is 94.7 Å². The van der Waals surface area contributed by atoms with Crippen LogP contribution in [0.2, 0.25) is 0 Å². The van der Waals surface area contributed by atoms with Gasteiger partial charge in [0.1, 0.15) is 6.10 Å². The maximum absolute atomic E-state index is 13.4. The Morgan fingerprint density at radius 2 is 1.83 bits per heavy atom. The number of halogens is 1. The van der Waals surface area contributed by atoms with Gasteiger partial charge in [0.05, 0.1) is 34.0 Å². The van der Waals surface area contributed by atoms with Gasteiger partial charge < -0.3 is 24.8 Å². The van der Waals surface area contributed by atoms with Gasteiger partial charge in [-0.2, -0.15) is 0 Å². The molecule has 0 radical (unpaired) electrons. The minimum atomic E-state index is -1.68. The third-order valence-electron chi connectivity index (χ3n) is 11.9. The maximum atomic E-state index is 13.4. The van der Waals surface area contributed by atoms with Crippen molar-refractivity contribution in [3.05, 3.63) is 23.3 Å². The third-order valence-corrected chi connectivity index (χ3v) is 12.7. The molecule has 0 aromatic carbocycles. The average molecular weight is 521 g/mol. The van der Waals surface area contributed by atoms with Gasteiger partial charge >= 0.3 is 5.97 Å². The molecule has 6 rings (SSSR count). The molecule has 0 spiro atoms. The number of hydrogen-bond acceptors (Lipinski definition) is 7. The van der Waals surface area contributed by atoms with Crippen molar-refractivity contribution in [1.82, 2.24) is 0 Å². The molecule has 11 atom stereocenters. The smallest absolute Gasteiger partial charge is 0.333 e. The lowest BCUT2D eigenvalue weighted by Crippen LogP contribution is -2.77. The van der Waals surface area contributed by atoms with E-state index in [1.54, 1.807) is 19.1 Å². The molecule has 36 heavy (non-hydrogen) atoms. The van der Waals surface area contributed by atoms with Gasteiger partial charge in [-0.1, -0.05) is 25.5 Å². The highest BCUT2D eigenvalue weighted by molar-refractivity contribution is 6.28. The molecule has 0 amide bonds. The van der Waals surface area contributed by atoms with Gasteiger partial charge in [-0.25, -0.2) is 4.79 Å². The van der Waals surface area contributed by atoms with E-state index in [1.807, 2.05) is 20.8 Å². The highest BCUT2D eigenvalue weighted by Crippen LogP contribution is 2.74. The molecule has 8 heteroatoms. The van der Waals surface area contributed by atoms with Gasteiger partial charge in [0, 0.05) is 24.3 Å². The van der Waals surface area contributed by atoms with E-state index >= 15 is 0 Å². The Morgan fingerprint density at radius 3 is 2.53 bits per heavy atom. The van der Waals surface area contributed by atoms with Crippen molar-refractivity contribution in [3.63, 3.8) is 0 Å². The summed E-state index contributed by atoms with van der Waals surface area (Å²) in [7, 11) is 0. The molecule has 0 aromatic rings. The number of alkyl halides is 1. The van der Waals surface area contributed by atoms with Crippen molar-refractivity contribution in [2.24, 2.45) is 34.5 Å². The first-order valence-corrected chi connectivity index (χ1v) is 13.7. The van der Waals surface area contributed by atoms with E-state index in [1.165, 1.54) is 0 Å². The molecule has 0 bridgehead atoms. The Balaban J connectivity index is 1.42. The van der Waals surface area contributed by atoms with Gasteiger partial charge in [0.25, 0.3) is 0 Å². The summed E-state index contributed by atoms with van der Waals surface area (Å²) >= 11 is 7.08. The van der Waals surface area contributed by atoms with Gasteiger partial charge in [-0.15, -0.1) is 11.6 Å².